The Morgan fingerprint density at radius 1 is 0.606 bits per heavy atom. The number of allylic oxidation sites excluding steroid dienone is 1. The molecule has 1 atom stereocenters. The third kappa shape index (κ3) is 20.3. The first-order valence-corrected chi connectivity index (χ1v) is 36.4. The van der Waals surface area contributed by atoms with Crippen LogP contribution in [0.25, 0.3) is 28.0 Å². The average Bonchev–Trinajstić information content (AvgIpc) is 1.58. The zero-order valence-electron chi connectivity index (χ0n) is 62.4. The van der Waals surface area contributed by atoms with E-state index in [1.54, 1.807) is 16.7 Å². The second-order valence-electron chi connectivity index (χ2n) is 28.1. The molecule has 2 amide bonds. The van der Waals surface area contributed by atoms with Crippen LogP contribution in [0.3, 0.4) is 0 Å². The SMILES string of the molecule is C=CC(=C)Nc1cccc(Nc2nc(NC3CCC(N(C)C)CC3)nc3c2ncn3C(C)C)c1.C=CC(=O)Nc1cccc(Nc2nc(N3CCCCC3CCO)nc3c(CC)cnn23)c1.CC(C)n1cnc2c(Nc3cccc(NC(=O)/C=C/CN(C)C)c3)nc(NC3CCC(N(C)C)CC3)nc21. The molecular weight excluding hydrogens is 1310 g/mol. The van der Waals surface area contributed by atoms with Crippen molar-refractivity contribution >= 4 is 109 Å². The number of fused-ring (bicyclic) bond motifs is 3. The van der Waals surface area contributed by atoms with Crippen LogP contribution in [0.4, 0.5) is 69.6 Å². The summed E-state index contributed by atoms with van der Waals surface area (Å²) in [6.45, 7) is 23.5. The highest BCUT2D eigenvalue weighted by atomic mass is 16.3. The summed E-state index contributed by atoms with van der Waals surface area (Å²) in [4.78, 5) is 71.2. The predicted octanol–water partition coefficient (Wildman–Crippen LogP) is 13.3. The maximum atomic E-state index is 12.3. The number of imidazole rings is 2. The molecule has 9 aromatic rings. The van der Waals surface area contributed by atoms with E-state index in [4.69, 9.17) is 29.9 Å². The highest BCUT2D eigenvalue weighted by Crippen LogP contribution is 2.34. The Bertz CT molecular complexity index is 4400. The van der Waals surface area contributed by atoms with Crippen LogP contribution in [0.5, 0.6) is 0 Å². The molecule has 3 aromatic carbocycles. The fraction of sp³-hybridized carbons (Fsp3) is 0.442. The largest absolute Gasteiger partial charge is 0.396 e. The molecule has 0 radical (unpaired) electrons. The Balaban J connectivity index is 0.000000168. The Morgan fingerprint density at radius 2 is 1.11 bits per heavy atom. The van der Waals surface area contributed by atoms with Crippen LogP contribution in [-0.2, 0) is 16.0 Å². The first-order valence-electron chi connectivity index (χ1n) is 36.4. The number of aliphatic hydroxyl groups excluding tert-OH is 1. The molecule has 2 aliphatic carbocycles. The molecule has 27 nitrogen and oxygen atoms in total. The number of benzene rings is 3. The normalized spacial score (nSPS) is 17.6. The Labute approximate surface area is 611 Å². The van der Waals surface area contributed by atoms with Crippen LogP contribution in [0.1, 0.15) is 129 Å². The van der Waals surface area contributed by atoms with E-state index in [2.05, 4.69) is 164 Å². The van der Waals surface area contributed by atoms with Crippen molar-refractivity contribution in [3.05, 3.63) is 147 Å². The second kappa shape index (κ2) is 36.2. The molecule has 9 N–H and O–H groups in total. The molecule has 104 heavy (non-hydrogen) atoms. The van der Waals surface area contributed by atoms with Gasteiger partial charge in [-0.3, -0.25) is 9.59 Å². The van der Waals surface area contributed by atoms with Gasteiger partial charge in [-0.05, 0) is 220 Å². The molecule has 3 aliphatic rings. The van der Waals surface area contributed by atoms with Gasteiger partial charge in [0.2, 0.25) is 35.6 Å². The third-order valence-electron chi connectivity index (χ3n) is 19.0. The highest BCUT2D eigenvalue weighted by molar-refractivity contribution is 6.00. The quantitative estimate of drug-likeness (QED) is 0.0171. The first-order chi connectivity index (χ1) is 50.1. The molecular formula is C77H106N24O3. The summed E-state index contributed by atoms with van der Waals surface area (Å²) in [5.41, 5.74) is 10.4. The van der Waals surface area contributed by atoms with Crippen molar-refractivity contribution in [1.29, 1.82) is 0 Å². The maximum Gasteiger partial charge on any atom is 0.248 e. The Kier molecular flexibility index (Phi) is 26.5. The number of aromatic nitrogens is 12. The van der Waals surface area contributed by atoms with Crippen LogP contribution < -0.4 is 47.4 Å². The number of rotatable bonds is 27. The van der Waals surface area contributed by atoms with E-state index < -0.39 is 0 Å². The lowest BCUT2D eigenvalue weighted by molar-refractivity contribution is -0.112. The molecule has 27 heteroatoms. The van der Waals surface area contributed by atoms with E-state index in [9.17, 15) is 14.7 Å². The number of carbonyl (C=O) groups is 2. The van der Waals surface area contributed by atoms with Crippen molar-refractivity contribution in [1.82, 2.24) is 73.3 Å². The predicted molar refractivity (Wildman–Crippen MR) is 422 cm³/mol. The summed E-state index contributed by atoms with van der Waals surface area (Å²) in [6.07, 6.45) is 25.6. The van der Waals surface area contributed by atoms with Gasteiger partial charge in [0, 0.05) is 113 Å². The monoisotopic (exact) mass is 1410 g/mol. The van der Waals surface area contributed by atoms with Crippen molar-refractivity contribution in [2.75, 3.05) is 109 Å². The van der Waals surface area contributed by atoms with Crippen molar-refractivity contribution in [3.63, 3.8) is 0 Å². The van der Waals surface area contributed by atoms with Crippen LogP contribution in [-0.4, -0.2) is 182 Å². The number of piperidine rings is 1. The lowest BCUT2D eigenvalue weighted by Crippen LogP contribution is -2.41. The van der Waals surface area contributed by atoms with Gasteiger partial charge in [-0.15, -0.1) is 0 Å². The molecule has 1 saturated heterocycles. The summed E-state index contributed by atoms with van der Waals surface area (Å²) < 4.78 is 5.86. The molecule has 1 aliphatic heterocycles. The van der Waals surface area contributed by atoms with Gasteiger partial charge in [0.25, 0.3) is 0 Å². The summed E-state index contributed by atoms with van der Waals surface area (Å²) in [5, 5.41) is 40.4. The minimum atomic E-state index is -0.270. The number of anilines is 12. The fourth-order valence-electron chi connectivity index (χ4n) is 13.2. The number of nitrogens with zero attached hydrogens (tertiary/aromatic N) is 16. The smallest absolute Gasteiger partial charge is 0.248 e. The zero-order valence-corrected chi connectivity index (χ0v) is 62.4. The average molecular weight is 1420 g/mol. The molecule has 3 fully saturated rings. The zero-order chi connectivity index (χ0) is 74.0. The Morgan fingerprint density at radius 3 is 1.58 bits per heavy atom. The van der Waals surface area contributed by atoms with E-state index >= 15 is 0 Å². The van der Waals surface area contributed by atoms with Gasteiger partial charge < -0.3 is 76.4 Å². The van der Waals surface area contributed by atoms with Crippen LogP contribution in [0.2, 0.25) is 0 Å². The number of likely N-dealkylation sites (N-methyl/N-ethyl adjacent to an activating group) is 1. The fourth-order valence-corrected chi connectivity index (χ4v) is 13.2. The van der Waals surface area contributed by atoms with E-state index in [1.165, 1.54) is 18.9 Å². The Hall–Kier alpha value is -10.4. The lowest BCUT2D eigenvalue weighted by atomic mass is 9.91. The minimum absolute atomic E-state index is 0.143. The van der Waals surface area contributed by atoms with Crippen molar-refractivity contribution < 1.29 is 14.7 Å². The minimum Gasteiger partial charge on any atom is -0.396 e. The number of hydrogen-bond donors (Lipinski definition) is 9. The summed E-state index contributed by atoms with van der Waals surface area (Å²) >= 11 is 0. The third-order valence-corrected chi connectivity index (χ3v) is 19.0. The number of hydrogen-bond acceptors (Lipinski definition) is 22. The number of aryl methyl sites for hydroxylation is 1. The van der Waals surface area contributed by atoms with Gasteiger partial charge in [0.05, 0.1) is 18.9 Å². The summed E-state index contributed by atoms with van der Waals surface area (Å²) in [7, 11) is 12.6. The van der Waals surface area contributed by atoms with Crippen molar-refractivity contribution in [3.8, 4) is 0 Å². The van der Waals surface area contributed by atoms with Gasteiger partial charge in [0.1, 0.15) is 0 Å². The maximum absolute atomic E-state index is 12.3. The molecule has 1 unspecified atom stereocenters. The van der Waals surface area contributed by atoms with Crippen LogP contribution >= 0.6 is 0 Å². The van der Waals surface area contributed by atoms with Crippen LogP contribution in [0, 0.1) is 0 Å². The second-order valence-corrected chi connectivity index (χ2v) is 28.1. The molecule has 2 saturated carbocycles. The van der Waals surface area contributed by atoms with E-state index in [1.807, 2.05) is 117 Å². The number of nitrogens with one attached hydrogen (secondary N) is 8. The van der Waals surface area contributed by atoms with E-state index in [0.29, 0.717) is 89.5 Å². The van der Waals surface area contributed by atoms with Gasteiger partial charge in [0.15, 0.2) is 39.6 Å². The van der Waals surface area contributed by atoms with Crippen LogP contribution in [0.15, 0.2) is 141 Å². The number of carbonyl (C=O) groups excluding carboxylic acids is 2. The molecule has 7 heterocycles. The van der Waals surface area contributed by atoms with Crippen molar-refractivity contribution in [2.24, 2.45) is 0 Å². The lowest BCUT2D eigenvalue weighted by Gasteiger charge is -2.35. The standard InChI is InChI=1S/C28H41N9O.C26H36N8.C23H29N7O2/c1-19(2)37-18-29-25-26(31-22-10-7-9-21(17-22)30-24(38)11-8-16-35(3)4)33-28(34-27(25)37)32-20-12-14-23(15-13-20)36(5)6;1-7-18(4)28-20-9-8-10-21(15-20)29-24-23-25(34(16-27-23)17(2)3)32-26(31-24)30-19-11-13-22(14-12-19)33(5)6;1-3-16-15-24-30-21(16)27-22(29-12-6-5-10-19(29)11-13-31)28-23(30)26-18-9-7-8-17(14-18)25-20(32)4-2/h7-11,17-20,23H,12-16H2,1-6H3,(H,30,38)(H2,31,32,33,34);7-10,15-17,19,22,28H,1,4,11-14H2,2-3,5-6H3,(H2,29,30,31,32);4,7-9,14-15,19,31H,2-3,5-6,10-13H2,1H3,(H,25,32)(H,26,27,28)/b11-8+;;. The van der Waals surface area contributed by atoms with E-state index in [0.717, 1.165) is 127 Å². The summed E-state index contributed by atoms with van der Waals surface area (Å²) in [6, 6.07) is 25.6. The molecule has 12 rings (SSSR count). The molecule has 552 valence electrons. The number of amides is 2. The molecule has 0 spiro atoms. The first kappa shape index (κ1) is 76.3. The van der Waals surface area contributed by atoms with Gasteiger partial charge in [-0.2, -0.15) is 39.5 Å². The van der Waals surface area contributed by atoms with E-state index in [-0.39, 0.29) is 36.5 Å². The van der Waals surface area contributed by atoms with Gasteiger partial charge in [-0.25, -0.2) is 9.97 Å². The van der Waals surface area contributed by atoms with Crippen molar-refractivity contribution in [2.45, 2.75) is 160 Å². The topological polar surface area (TPSA) is 294 Å². The highest BCUT2D eigenvalue weighted by Gasteiger charge is 2.29. The molecule has 6 aromatic heterocycles. The summed E-state index contributed by atoms with van der Waals surface area (Å²) in [5.74, 6) is 3.32. The van der Waals surface area contributed by atoms with Gasteiger partial charge in [-0.1, -0.05) is 50.9 Å². The number of aliphatic hydroxyl groups is 1. The molecule has 0 bridgehead atoms. The van der Waals surface area contributed by atoms with Gasteiger partial charge >= 0.3 is 0 Å².